The molecule has 1 rings (SSSR count). The second-order valence-corrected chi connectivity index (χ2v) is 3.70. The summed E-state index contributed by atoms with van der Waals surface area (Å²) in [6, 6.07) is 3.96. The number of carbonyl (C=O) groups excluding carboxylic acids is 1. The maximum Gasteiger partial charge on any atom is 0.337 e. The number of carbonyl (C=O) groups is 2. The molecule has 2 amide bonds. The van der Waals surface area contributed by atoms with Gasteiger partial charge in [0.1, 0.15) is 0 Å². The molecule has 2 N–H and O–H groups in total. The first-order valence-corrected chi connectivity index (χ1v) is 4.81. The molecule has 0 aliphatic heterocycles. The number of rotatable bonds is 2. The summed E-state index contributed by atoms with van der Waals surface area (Å²) in [4.78, 5) is 23.6. The van der Waals surface area contributed by atoms with Gasteiger partial charge in [0.05, 0.1) is 16.3 Å². The lowest BCUT2D eigenvalue weighted by Gasteiger charge is -2.14. The van der Waals surface area contributed by atoms with Crippen molar-refractivity contribution in [3.63, 3.8) is 0 Å². The molecule has 0 heterocycles. The van der Waals surface area contributed by atoms with Crippen LogP contribution in [-0.2, 0) is 0 Å². The fourth-order valence-electron chi connectivity index (χ4n) is 1.05. The predicted octanol–water partition coefficient (Wildman–Crippen LogP) is 2.13. The lowest BCUT2D eigenvalue weighted by atomic mass is 10.2. The summed E-state index contributed by atoms with van der Waals surface area (Å²) in [5.41, 5.74) is 0.0677. The lowest BCUT2D eigenvalue weighted by Crippen LogP contribution is -2.28. The number of amides is 2. The Bertz CT molecular complexity index is 432. The van der Waals surface area contributed by atoms with Crippen LogP contribution in [0, 0.1) is 0 Å². The van der Waals surface area contributed by atoms with Crippen molar-refractivity contribution in [3.05, 3.63) is 28.8 Å². The Morgan fingerprint density at radius 1 is 1.38 bits per heavy atom. The molecule has 86 valence electrons. The summed E-state index contributed by atoms with van der Waals surface area (Å²) < 4.78 is 0. The largest absolute Gasteiger partial charge is 0.478 e. The molecule has 0 saturated carbocycles. The summed E-state index contributed by atoms with van der Waals surface area (Å²) in [5.74, 6) is -1.14. The second kappa shape index (κ2) is 4.85. The van der Waals surface area contributed by atoms with Crippen LogP contribution >= 0.6 is 11.6 Å². The van der Waals surface area contributed by atoms with Crippen molar-refractivity contribution < 1.29 is 14.7 Å². The highest BCUT2D eigenvalue weighted by Crippen LogP contribution is 2.26. The van der Waals surface area contributed by atoms with Gasteiger partial charge in [0.25, 0.3) is 0 Å². The van der Waals surface area contributed by atoms with Gasteiger partial charge >= 0.3 is 12.0 Å². The van der Waals surface area contributed by atoms with Crippen molar-refractivity contribution >= 4 is 29.3 Å². The average molecular weight is 243 g/mol. The van der Waals surface area contributed by atoms with Crippen molar-refractivity contribution in [1.29, 1.82) is 0 Å². The van der Waals surface area contributed by atoms with E-state index in [1.54, 1.807) is 14.1 Å². The third-order valence-electron chi connectivity index (χ3n) is 1.88. The van der Waals surface area contributed by atoms with Crippen LogP contribution in [0.15, 0.2) is 18.2 Å². The Balaban J connectivity index is 3.11. The van der Waals surface area contributed by atoms with Gasteiger partial charge in [-0.3, -0.25) is 0 Å². The van der Waals surface area contributed by atoms with Crippen LogP contribution in [0.25, 0.3) is 0 Å². The van der Waals surface area contributed by atoms with Crippen LogP contribution < -0.4 is 5.32 Å². The highest BCUT2D eigenvalue weighted by molar-refractivity contribution is 6.34. The Labute approximate surface area is 97.6 Å². The maximum atomic E-state index is 11.4. The van der Waals surface area contributed by atoms with Crippen molar-refractivity contribution in [2.75, 3.05) is 19.4 Å². The third-order valence-corrected chi connectivity index (χ3v) is 2.20. The van der Waals surface area contributed by atoms with E-state index in [1.807, 2.05) is 0 Å². The number of hydrogen-bond donors (Lipinski definition) is 2. The molecule has 0 aliphatic rings. The molecule has 0 unspecified atom stereocenters. The normalized spacial score (nSPS) is 9.69. The Morgan fingerprint density at radius 2 is 2.00 bits per heavy atom. The molecule has 0 bridgehead atoms. The van der Waals surface area contributed by atoms with Crippen LogP contribution in [0.1, 0.15) is 10.4 Å². The number of nitrogens with one attached hydrogen (secondary N) is 1. The molecule has 0 radical (unpaired) electrons. The van der Waals surface area contributed by atoms with Gasteiger partial charge in [-0.1, -0.05) is 17.7 Å². The topological polar surface area (TPSA) is 69.6 Å². The van der Waals surface area contributed by atoms with E-state index in [1.165, 1.54) is 23.1 Å². The molecule has 0 aliphatic carbocycles. The van der Waals surface area contributed by atoms with E-state index >= 15 is 0 Å². The van der Waals surface area contributed by atoms with Gasteiger partial charge < -0.3 is 15.3 Å². The summed E-state index contributed by atoms with van der Waals surface area (Å²) in [6.07, 6.45) is 0. The van der Waals surface area contributed by atoms with E-state index < -0.39 is 12.0 Å². The summed E-state index contributed by atoms with van der Waals surface area (Å²) in [7, 11) is 3.10. The van der Waals surface area contributed by atoms with Crippen LogP contribution in [0.2, 0.25) is 5.02 Å². The smallest absolute Gasteiger partial charge is 0.337 e. The number of halogens is 1. The Hall–Kier alpha value is -1.75. The zero-order valence-corrected chi connectivity index (χ0v) is 9.58. The molecule has 16 heavy (non-hydrogen) atoms. The van der Waals surface area contributed by atoms with Gasteiger partial charge in [-0.25, -0.2) is 9.59 Å². The number of benzene rings is 1. The SMILES string of the molecule is CN(C)C(=O)Nc1c(Cl)cccc1C(=O)O. The number of urea groups is 1. The highest BCUT2D eigenvalue weighted by Gasteiger charge is 2.15. The molecule has 0 fully saturated rings. The zero-order chi connectivity index (χ0) is 12.3. The molecule has 0 spiro atoms. The molecule has 5 nitrogen and oxygen atoms in total. The highest BCUT2D eigenvalue weighted by atomic mass is 35.5. The minimum Gasteiger partial charge on any atom is -0.478 e. The minimum atomic E-state index is -1.14. The van der Waals surface area contributed by atoms with Crippen molar-refractivity contribution in [2.45, 2.75) is 0 Å². The van der Waals surface area contributed by atoms with Gasteiger partial charge in [-0.15, -0.1) is 0 Å². The van der Waals surface area contributed by atoms with Gasteiger partial charge in [-0.2, -0.15) is 0 Å². The van der Waals surface area contributed by atoms with Crippen molar-refractivity contribution in [2.24, 2.45) is 0 Å². The number of hydrogen-bond acceptors (Lipinski definition) is 2. The molecule has 0 atom stereocenters. The van der Waals surface area contributed by atoms with Gasteiger partial charge in [-0.05, 0) is 12.1 Å². The quantitative estimate of drug-likeness (QED) is 0.835. The minimum absolute atomic E-state index is 0.0392. The van der Waals surface area contributed by atoms with Crippen LogP contribution in [-0.4, -0.2) is 36.1 Å². The molecule has 0 aromatic heterocycles. The number of carboxylic acids is 1. The van der Waals surface area contributed by atoms with E-state index in [9.17, 15) is 9.59 Å². The zero-order valence-electron chi connectivity index (χ0n) is 8.82. The first-order chi connectivity index (χ1) is 7.43. The Morgan fingerprint density at radius 3 is 2.50 bits per heavy atom. The summed E-state index contributed by atoms with van der Waals surface area (Å²) in [5, 5.41) is 11.5. The van der Waals surface area contributed by atoms with E-state index in [-0.39, 0.29) is 16.3 Å². The molecular formula is C10H11ClN2O3. The number of para-hydroxylation sites is 1. The van der Waals surface area contributed by atoms with E-state index in [0.717, 1.165) is 0 Å². The Kier molecular flexibility index (Phi) is 3.73. The molecule has 0 saturated heterocycles. The van der Waals surface area contributed by atoms with E-state index in [0.29, 0.717) is 0 Å². The van der Waals surface area contributed by atoms with E-state index in [2.05, 4.69) is 5.32 Å². The fraction of sp³-hybridized carbons (Fsp3) is 0.200. The first-order valence-electron chi connectivity index (χ1n) is 4.43. The summed E-state index contributed by atoms with van der Waals surface area (Å²) in [6.45, 7) is 0. The van der Waals surface area contributed by atoms with Gasteiger partial charge in [0.15, 0.2) is 0 Å². The number of anilines is 1. The van der Waals surface area contributed by atoms with Crippen LogP contribution in [0.5, 0.6) is 0 Å². The monoisotopic (exact) mass is 242 g/mol. The predicted molar refractivity (Wildman–Crippen MR) is 61.1 cm³/mol. The lowest BCUT2D eigenvalue weighted by molar-refractivity contribution is 0.0698. The maximum absolute atomic E-state index is 11.4. The third kappa shape index (κ3) is 2.64. The summed E-state index contributed by atoms with van der Waals surface area (Å²) >= 11 is 5.83. The van der Waals surface area contributed by atoms with Crippen molar-refractivity contribution in [3.8, 4) is 0 Å². The molecule has 1 aromatic rings. The number of carboxylic acid groups (broad SMARTS) is 1. The van der Waals surface area contributed by atoms with Crippen LogP contribution in [0.3, 0.4) is 0 Å². The van der Waals surface area contributed by atoms with Crippen molar-refractivity contribution in [1.82, 2.24) is 4.90 Å². The average Bonchev–Trinajstić information content (AvgIpc) is 2.20. The fourth-order valence-corrected chi connectivity index (χ4v) is 1.27. The molecule has 1 aromatic carbocycles. The number of aromatic carboxylic acids is 1. The second-order valence-electron chi connectivity index (χ2n) is 3.29. The van der Waals surface area contributed by atoms with Crippen LogP contribution in [0.4, 0.5) is 10.5 Å². The number of nitrogens with zero attached hydrogens (tertiary/aromatic N) is 1. The molecular weight excluding hydrogens is 232 g/mol. The van der Waals surface area contributed by atoms with Gasteiger partial charge in [0.2, 0.25) is 0 Å². The molecule has 6 heteroatoms. The first kappa shape index (κ1) is 12.3. The van der Waals surface area contributed by atoms with Gasteiger partial charge in [0, 0.05) is 14.1 Å². The standard InChI is InChI=1S/C10H11ClN2O3/c1-13(2)10(16)12-8-6(9(14)15)4-3-5-7(8)11/h3-5H,1-2H3,(H,12,16)(H,14,15). The van der Waals surface area contributed by atoms with E-state index in [4.69, 9.17) is 16.7 Å².